The van der Waals surface area contributed by atoms with Crippen LogP contribution in [0.25, 0.3) is 0 Å². The van der Waals surface area contributed by atoms with Crippen LogP contribution in [0.2, 0.25) is 0 Å². The van der Waals surface area contributed by atoms with E-state index >= 15 is 0 Å². The summed E-state index contributed by atoms with van der Waals surface area (Å²) in [4.78, 5) is 17.2. The molecular weight excluding hydrogens is 301 g/mol. The lowest BCUT2D eigenvalue weighted by Gasteiger charge is -2.19. The van der Waals surface area contributed by atoms with Crippen molar-refractivity contribution in [3.8, 4) is 0 Å². The van der Waals surface area contributed by atoms with Gasteiger partial charge in [-0.25, -0.2) is 9.37 Å². The van der Waals surface area contributed by atoms with E-state index in [2.05, 4.69) is 10.3 Å². The van der Waals surface area contributed by atoms with Crippen LogP contribution in [0.15, 0.2) is 54.2 Å². The Balaban J connectivity index is 1.99. The van der Waals surface area contributed by atoms with Gasteiger partial charge in [-0.05, 0) is 17.5 Å². The topological polar surface area (TPSA) is 46.9 Å². The van der Waals surface area contributed by atoms with E-state index in [-0.39, 0.29) is 11.7 Å². The average Bonchev–Trinajstić information content (AvgIpc) is 3.17. The number of aryl methyl sites for hydroxylation is 1. The molecule has 0 unspecified atom stereocenters. The molecule has 3 aromatic rings. The molecule has 6 heteroatoms. The molecule has 22 heavy (non-hydrogen) atoms. The van der Waals surface area contributed by atoms with E-state index in [4.69, 9.17) is 0 Å². The fourth-order valence-corrected chi connectivity index (χ4v) is 2.88. The van der Waals surface area contributed by atoms with Crippen molar-refractivity contribution in [2.45, 2.75) is 6.04 Å². The minimum atomic E-state index is -0.643. The van der Waals surface area contributed by atoms with Gasteiger partial charge in [0.25, 0.3) is 5.91 Å². The van der Waals surface area contributed by atoms with Gasteiger partial charge < -0.3 is 9.88 Å². The predicted octanol–water partition coefficient (Wildman–Crippen LogP) is 3.14. The lowest BCUT2D eigenvalue weighted by Crippen LogP contribution is -2.31. The second-order valence-electron chi connectivity index (χ2n) is 4.80. The van der Waals surface area contributed by atoms with Crippen molar-refractivity contribution < 1.29 is 9.18 Å². The Morgan fingerprint density at radius 2 is 2.14 bits per heavy atom. The summed E-state index contributed by atoms with van der Waals surface area (Å²) in [7, 11) is 1.81. The minimum absolute atomic E-state index is 0.244. The van der Waals surface area contributed by atoms with Gasteiger partial charge in [0.15, 0.2) is 0 Å². The number of aromatic nitrogens is 2. The van der Waals surface area contributed by atoms with Crippen molar-refractivity contribution in [3.05, 3.63) is 76.3 Å². The van der Waals surface area contributed by atoms with Gasteiger partial charge in [0.1, 0.15) is 17.7 Å². The monoisotopic (exact) mass is 315 g/mol. The molecule has 3 rings (SSSR count). The van der Waals surface area contributed by atoms with Crippen molar-refractivity contribution in [1.82, 2.24) is 14.9 Å². The number of hydrogen-bond acceptors (Lipinski definition) is 3. The molecule has 112 valence electrons. The molecule has 0 fully saturated rings. The molecule has 1 atom stereocenters. The number of hydrogen-bond donors (Lipinski definition) is 1. The fraction of sp³-hybridized carbons (Fsp3) is 0.125. The highest BCUT2D eigenvalue weighted by Gasteiger charge is 2.24. The summed E-state index contributed by atoms with van der Waals surface area (Å²) in [5, 5.41) is 4.70. The van der Waals surface area contributed by atoms with Gasteiger partial charge in [-0.2, -0.15) is 0 Å². The van der Waals surface area contributed by atoms with Crippen molar-refractivity contribution >= 4 is 17.2 Å². The van der Waals surface area contributed by atoms with E-state index in [9.17, 15) is 9.18 Å². The van der Waals surface area contributed by atoms with E-state index in [1.54, 1.807) is 47.3 Å². The number of benzene rings is 1. The molecule has 1 amide bonds. The Morgan fingerprint density at radius 3 is 2.77 bits per heavy atom. The first kappa shape index (κ1) is 14.5. The molecule has 1 N–H and O–H groups in total. The summed E-state index contributed by atoms with van der Waals surface area (Å²) >= 11 is 1.34. The van der Waals surface area contributed by atoms with Gasteiger partial charge in [-0.1, -0.05) is 24.3 Å². The summed E-state index contributed by atoms with van der Waals surface area (Å²) in [6, 6.07) is 9.29. The third kappa shape index (κ3) is 2.78. The van der Waals surface area contributed by atoms with Crippen molar-refractivity contribution in [2.75, 3.05) is 0 Å². The zero-order chi connectivity index (χ0) is 15.5. The molecule has 0 spiro atoms. The van der Waals surface area contributed by atoms with Crippen LogP contribution in [-0.4, -0.2) is 15.5 Å². The minimum Gasteiger partial charge on any atom is -0.337 e. The molecule has 0 aliphatic carbocycles. The van der Waals surface area contributed by atoms with Crippen molar-refractivity contribution in [3.63, 3.8) is 0 Å². The lowest BCUT2D eigenvalue weighted by molar-refractivity contribution is 0.0945. The van der Waals surface area contributed by atoms with Crippen LogP contribution in [0.3, 0.4) is 0 Å². The Bertz CT molecular complexity index is 782. The number of halogens is 1. The maximum absolute atomic E-state index is 14.2. The number of carbonyl (C=O) groups excluding carboxylic acids is 1. The molecule has 4 nitrogen and oxygen atoms in total. The van der Waals surface area contributed by atoms with Gasteiger partial charge in [-0.15, -0.1) is 11.3 Å². The Hall–Kier alpha value is -2.47. The van der Waals surface area contributed by atoms with Gasteiger partial charge in [0, 0.05) is 25.0 Å². The summed E-state index contributed by atoms with van der Waals surface area (Å²) in [6.07, 6.45) is 3.39. The average molecular weight is 315 g/mol. The number of amides is 1. The number of thiophene rings is 1. The number of nitrogens with zero attached hydrogens (tertiary/aromatic N) is 2. The highest BCUT2D eigenvalue weighted by molar-refractivity contribution is 7.12. The summed E-state index contributed by atoms with van der Waals surface area (Å²) in [5.41, 5.74) is 0.390. The SMILES string of the molecule is Cn1ccnc1[C@@H](NC(=O)c1cccs1)c1ccccc1F. The van der Waals surface area contributed by atoms with Crippen LogP contribution in [0.4, 0.5) is 4.39 Å². The highest BCUT2D eigenvalue weighted by Crippen LogP contribution is 2.24. The molecule has 0 radical (unpaired) electrons. The molecule has 1 aromatic carbocycles. The second-order valence-corrected chi connectivity index (χ2v) is 5.75. The van der Waals surface area contributed by atoms with Crippen LogP contribution in [0.5, 0.6) is 0 Å². The van der Waals surface area contributed by atoms with Crippen LogP contribution in [0.1, 0.15) is 27.1 Å². The zero-order valence-electron chi connectivity index (χ0n) is 11.9. The first-order chi connectivity index (χ1) is 10.7. The van der Waals surface area contributed by atoms with E-state index in [1.165, 1.54) is 17.4 Å². The molecule has 0 saturated heterocycles. The lowest BCUT2D eigenvalue weighted by atomic mass is 10.1. The number of carbonyl (C=O) groups is 1. The Morgan fingerprint density at radius 1 is 1.32 bits per heavy atom. The number of imidazole rings is 1. The summed E-state index contributed by atoms with van der Waals surface area (Å²) in [5.74, 6) is -0.0387. The standard InChI is InChI=1S/C16H14FN3OS/c1-20-9-8-18-15(20)14(11-5-2-3-6-12(11)17)19-16(21)13-7-4-10-22-13/h2-10,14H,1H3,(H,19,21)/t14-/m0/s1. The van der Waals surface area contributed by atoms with Crippen LogP contribution < -0.4 is 5.32 Å². The largest absolute Gasteiger partial charge is 0.337 e. The summed E-state index contributed by atoms with van der Waals surface area (Å²) < 4.78 is 15.9. The maximum Gasteiger partial charge on any atom is 0.262 e. The van der Waals surface area contributed by atoms with E-state index in [0.29, 0.717) is 16.3 Å². The van der Waals surface area contributed by atoms with Crippen LogP contribution in [-0.2, 0) is 7.05 Å². The van der Waals surface area contributed by atoms with Gasteiger partial charge >= 0.3 is 0 Å². The molecule has 0 aliphatic rings. The molecule has 2 aromatic heterocycles. The number of rotatable bonds is 4. The molecular formula is C16H14FN3OS. The predicted molar refractivity (Wildman–Crippen MR) is 83.2 cm³/mol. The van der Waals surface area contributed by atoms with E-state index < -0.39 is 6.04 Å². The van der Waals surface area contributed by atoms with E-state index in [1.807, 2.05) is 12.4 Å². The van der Waals surface area contributed by atoms with Gasteiger partial charge in [-0.3, -0.25) is 4.79 Å². The van der Waals surface area contributed by atoms with Crippen LogP contribution >= 0.6 is 11.3 Å². The van der Waals surface area contributed by atoms with Crippen molar-refractivity contribution in [2.24, 2.45) is 7.05 Å². The van der Waals surface area contributed by atoms with E-state index in [0.717, 1.165) is 0 Å². The van der Waals surface area contributed by atoms with Crippen molar-refractivity contribution in [1.29, 1.82) is 0 Å². The summed E-state index contributed by atoms with van der Waals surface area (Å²) in [6.45, 7) is 0. The first-order valence-electron chi connectivity index (χ1n) is 6.73. The third-order valence-corrected chi connectivity index (χ3v) is 4.22. The maximum atomic E-state index is 14.2. The highest BCUT2D eigenvalue weighted by atomic mass is 32.1. The second kappa shape index (κ2) is 6.11. The molecule has 0 bridgehead atoms. The molecule has 0 saturated carbocycles. The zero-order valence-corrected chi connectivity index (χ0v) is 12.7. The molecule has 2 heterocycles. The molecule has 0 aliphatic heterocycles. The third-order valence-electron chi connectivity index (χ3n) is 3.35. The smallest absolute Gasteiger partial charge is 0.262 e. The fourth-order valence-electron chi connectivity index (χ4n) is 2.26. The Labute approximate surface area is 131 Å². The quantitative estimate of drug-likeness (QED) is 0.804. The number of nitrogens with one attached hydrogen (secondary N) is 1. The van der Waals surface area contributed by atoms with Gasteiger partial charge in [0.05, 0.1) is 4.88 Å². The van der Waals surface area contributed by atoms with Gasteiger partial charge in [0.2, 0.25) is 0 Å². The van der Waals surface area contributed by atoms with Crippen LogP contribution in [0, 0.1) is 5.82 Å². The Kier molecular flexibility index (Phi) is 4.02. The normalized spacial score (nSPS) is 12.1. The first-order valence-corrected chi connectivity index (χ1v) is 7.61.